The molecule has 0 heterocycles. The molecule has 27 heavy (non-hydrogen) atoms. The molecule has 1 N–H and O–H groups in total. The van der Waals surface area contributed by atoms with Crippen molar-refractivity contribution in [2.45, 2.75) is 49.5 Å². The van der Waals surface area contributed by atoms with Gasteiger partial charge in [0.2, 0.25) is 10.0 Å². The third-order valence-electron chi connectivity index (χ3n) is 5.73. The average molecular weight is 456 g/mol. The molecule has 1 aromatic carbocycles. The van der Waals surface area contributed by atoms with Crippen molar-refractivity contribution in [1.82, 2.24) is 4.72 Å². The maximum atomic E-state index is 12.8. The fourth-order valence-electron chi connectivity index (χ4n) is 4.37. The molecule has 3 rings (SSSR count). The van der Waals surface area contributed by atoms with E-state index in [0.29, 0.717) is 23.2 Å². The second-order valence-electron chi connectivity index (χ2n) is 7.41. The number of nitrogens with one attached hydrogen (secondary N) is 1. The van der Waals surface area contributed by atoms with Crippen molar-refractivity contribution < 1.29 is 17.9 Å². The van der Waals surface area contributed by atoms with E-state index in [1.165, 1.54) is 13.5 Å². The zero-order valence-electron chi connectivity index (χ0n) is 15.4. The van der Waals surface area contributed by atoms with Gasteiger partial charge in [-0.3, -0.25) is 4.79 Å². The Morgan fingerprint density at radius 2 is 1.96 bits per heavy atom. The summed E-state index contributed by atoms with van der Waals surface area (Å²) in [5.41, 5.74) is 0. The quantitative estimate of drug-likeness (QED) is 0.364. The van der Waals surface area contributed by atoms with Gasteiger partial charge in [-0.25, -0.2) is 13.1 Å². The van der Waals surface area contributed by atoms with Gasteiger partial charge < -0.3 is 4.74 Å². The highest BCUT2D eigenvalue weighted by molar-refractivity contribution is 9.10. The van der Waals surface area contributed by atoms with Gasteiger partial charge in [0.1, 0.15) is 0 Å². The summed E-state index contributed by atoms with van der Waals surface area (Å²) in [7, 11) is -2.13. The molecule has 5 nitrogen and oxygen atoms in total. The van der Waals surface area contributed by atoms with Crippen molar-refractivity contribution >= 4 is 31.9 Å². The lowest BCUT2D eigenvalue weighted by Gasteiger charge is -2.29. The van der Waals surface area contributed by atoms with E-state index >= 15 is 0 Å². The van der Waals surface area contributed by atoms with Gasteiger partial charge in [-0.15, -0.1) is 0 Å². The molecule has 2 aliphatic carbocycles. The Hall–Kier alpha value is -1.18. The van der Waals surface area contributed by atoms with Crippen molar-refractivity contribution in [3.63, 3.8) is 0 Å². The highest BCUT2D eigenvalue weighted by Crippen LogP contribution is 2.49. The van der Waals surface area contributed by atoms with Gasteiger partial charge >= 0.3 is 5.97 Å². The molecule has 4 atom stereocenters. The van der Waals surface area contributed by atoms with Gasteiger partial charge in [0.25, 0.3) is 0 Å². The molecule has 148 valence electrons. The van der Waals surface area contributed by atoms with E-state index < -0.39 is 10.0 Å². The molecular formula is C20H26BrNO4S. The predicted octanol–water partition coefficient (Wildman–Crippen LogP) is 4.04. The lowest BCUT2D eigenvalue weighted by atomic mass is 9.84. The molecule has 2 fully saturated rings. The minimum Gasteiger partial charge on any atom is -0.469 e. The number of benzene rings is 1. The summed E-state index contributed by atoms with van der Waals surface area (Å²) in [6.45, 7) is 0. The molecule has 2 aliphatic rings. The maximum Gasteiger partial charge on any atom is 0.305 e. The number of fused-ring (bicyclic) bond motifs is 2. The summed E-state index contributed by atoms with van der Waals surface area (Å²) in [6, 6.07) is 6.69. The van der Waals surface area contributed by atoms with E-state index in [9.17, 15) is 13.2 Å². The molecular weight excluding hydrogens is 430 g/mol. The number of esters is 1. The van der Waals surface area contributed by atoms with Crippen molar-refractivity contribution in [2.75, 3.05) is 7.11 Å². The summed E-state index contributed by atoms with van der Waals surface area (Å²) in [5.74, 6) is 0.991. The SMILES string of the molecule is COC(=O)CCC/C=C\[C@H]1[C@@H]2CC[C@@H](C2)[C@@H]1NS(=O)(=O)c1ccc(Br)cc1. The highest BCUT2D eigenvalue weighted by atomic mass is 79.9. The van der Waals surface area contributed by atoms with E-state index in [-0.39, 0.29) is 17.9 Å². The van der Waals surface area contributed by atoms with Crippen molar-refractivity contribution in [2.24, 2.45) is 17.8 Å². The first-order valence-corrected chi connectivity index (χ1v) is 11.7. The first-order chi connectivity index (χ1) is 12.9. The number of carbonyl (C=O) groups excluding carboxylic acids is 1. The summed E-state index contributed by atoms with van der Waals surface area (Å²) in [5, 5.41) is 0. The van der Waals surface area contributed by atoms with Crippen LogP contribution in [0.4, 0.5) is 0 Å². The molecule has 2 bridgehead atoms. The van der Waals surface area contributed by atoms with Crippen LogP contribution in [0.3, 0.4) is 0 Å². The monoisotopic (exact) mass is 455 g/mol. The predicted molar refractivity (Wildman–Crippen MR) is 108 cm³/mol. The van der Waals surface area contributed by atoms with Crippen LogP contribution in [0, 0.1) is 17.8 Å². The van der Waals surface area contributed by atoms with Crippen LogP contribution in [0.15, 0.2) is 45.8 Å². The number of ether oxygens (including phenoxy) is 1. The molecule has 0 saturated heterocycles. The van der Waals surface area contributed by atoms with Crippen LogP contribution in [0.5, 0.6) is 0 Å². The molecule has 0 unspecified atom stereocenters. The van der Waals surface area contributed by atoms with Gasteiger partial charge in [-0.1, -0.05) is 28.1 Å². The Kier molecular flexibility index (Phi) is 6.76. The summed E-state index contributed by atoms with van der Waals surface area (Å²) >= 11 is 3.34. The van der Waals surface area contributed by atoms with Crippen LogP contribution < -0.4 is 4.72 Å². The lowest BCUT2D eigenvalue weighted by molar-refractivity contribution is -0.140. The van der Waals surface area contributed by atoms with Crippen LogP contribution in [0.1, 0.15) is 38.5 Å². The van der Waals surface area contributed by atoms with E-state index in [4.69, 9.17) is 0 Å². The Labute approximate surface area is 169 Å². The maximum absolute atomic E-state index is 12.8. The summed E-state index contributed by atoms with van der Waals surface area (Å²) in [4.78, 5) is 11.5. The lowest BCUT2D eigenvalue weighted by Crippen LogP contribution is -2.43. The number of hydrogen-bond donors (Lipinski definition) is 1. The van der Waals surface area contributed by atoms with Gasteiger partial charge in [-0.2, -0.15) is 0 Å². The molecule has 0 amide bonds. The van der Waals surface area contributed by atoms with E-state index in [0.717, 1.165) is 30.2 Å². The van der Waals surface area contributed by atoms with Crippen LogP contribution in [-0.2, 0) is 19.6 Å². The molecule has 0 aliphatic heterocycles. The van der Waals surface area contributed by atoms with Gasteiger partial charge in [-0.05, 0) is 74.1 Å². The van der Waals surface area contributed by atoms with Crippen molar-refractivity contribution in [1.29, 1.82) is 0 Å². The zero-order valence-corrected chi connectivity index (χ0v) is 17.8. The second kappa shape index (κ2) is 8.88. The minimum atomic E-state index is -3.53. The van der Waals surface area contributed by atoms with E-state index in [2.05, 4.69) is 37.5 Å². The van der Waals surface area contributed by atoms with Crippen LogP contribution in [0.2, 0.25) is 0 Å². The molecule has 0 radical (unpaired) electrons. The summed E-state index contributed by atoms with van der Waals surface area (Å²) in [6.07, 6.45) is 9.56. The minimum absolute atomic E-state index is 0.0470. The first kappa shape index (κ1) is 20.6. The molecule has 7 heteroatoms. The molecule has 0 spiro atoms. The number of hydrogen-bond acceptors (Lipinski definition) is 4. The summed E-state index contributed by atoms with van der Waals surface area (Å²) < 4.78 is 34.1. The molecule has 0 aromatic heterocycles. The molecule has 2 saturated carbocycles. The van der Waals surface area contributed by atoms with E-state index in [1.807, 2.05) is 0 Å². The Bertz CT molecular complexity index is 791. The fraction of sp³-hybridized carbons (Fsp3) is 0.550. The largest absolute Gasteiger partial charge is 0.469 e. The Balaban J connectivity index is 1.64. The zero-order chi connectivity index (χ0) is 19.4. The number of methoxy groups -OCH3 is 1. The second-order valence-corrected chi connectivity index (χ2v) is 10.0. The van der Waals surface area contributed by atoms with Gasteiger partial charge in [0, 0.05) is 16.9 Å². The van der Waals surface area contributed by atoms with Gasteiger partial charge in [0.05, 0.1) is 12.0 Å². The normalized spacial score (nSPS) is 27.3. The smallest absolute Gasteiger partial charge is 0.305 e. The number of allylic oxidation sites excluding steroid dienone is 1. The van der Waals surface area contributed by atoms with E-state index in [1.54, 1.807) is 24.3 Å². The standard InChI is InChI=1S/C20H26BrNO4S/c1-26-19(23)6-4-2-3-5-18-14-7-8-15(13-14)20(18)22-27(24,25)17-11-9-16(21)10-12-17/h3,5,9-12,14-15,18,20,22H,2,4,6-8,13H2,1H3/b5-3-/t14-,15+,18+,20+/m1/s1. The third kappa shape index (κ3) is 5.00. The number of sulfonamides is 1. The topological polar surface area (TPSA) is 72.5 Å². The van der Waals surface area contributed by atoms with Crippen LogP contribution >= 0.6 is 15.9 Å². The van der Waals surface area contributed by atoms with Crippen molar-refractivity contribution in [3.05, 3.63) is 40.9 Å². The third-order valence-corrected chi connectivity index (χ3v) is 7.74. The molecule has 1 aromatic rings. The van der Waals surface area contributed by atoms with Gasteiger partial charge in [0.15, 0.2) is 0 Å². The van der Waals surface area contributed by atoms with Crippen molar-refractivity contribution in [3.8, 4) is 0 Å². The highest BCUT2D eigenvalue weighted by Gasteiger charge is 2.47. The number of carbonyl (C=O) groups is 1. The van der Waals surface area contributed by atoms with Crippen LogP contribution in [0.25, 0.3) is 0 Å². The van der Waals surface area contributed by atoms with Crippen LogP contribution in [-0.4, -0.2) is 27.5 Å². The number of unbranched alkanes of at least 4 members (excludes halogenated alkanes) is 1. The number of halogens is 1. The Morgan fingerprint density at radius 3 is 2.67 bits per heavy atom. The number of rotatable bonds is 8. The fourth-order valence-corrected chi connectivity index (χ4v) is 5.97. The first-order valence-electron chi connectivity index (χ1n) is 9.42. The average Bonchev–Trinajstić information content (AvgIpc) is 3.23. The Morgan fingerprint density at radius 1 is 1.26 bits per heavy atom.